The van der Waals surface area contributed by atoms with Gasteiger partial charge in [-0.2, -0.15) is 0 Å². The van der Waals surface area contributed by atoms with Crippen molar-refractivity contribution < 1.29 is 9.15 Å². The van der Waals surface area contributed by atoms with Gasteiger partial charge in [0.2, 0.25) is 0 Å². The largest absolute Gasteiger partial charge is 0.485 e. The summed E-state index contributed by atoms with van der Waals surface area (Å²) < 4.78 is 12.3. The normalized spacial score (nSPS) is 21.3. The predicted molar refractivity (Wildman–Crippen MR) is 93.5 cm³/mol. The molecule has 0 fully saturated rings. The van der Waals surface area contributed by atoms with Gasteiger partial charge in [0.05, 0.1) is 5.39 Å². The van der Waals surface area contributed by atoms with Crippen molar-refractivity contribution in [3.8, 4) is 17.1 Å². The van der Waals surface area contributed by atoms with Gasteiger partial charge in [0, 0.05) is 23.1 Å². The second-order valence-corrected chi connectivity index (χ2v) is 6.39. The van der Waals surface area contributed by atoms with E-state index in [1.165, 1.54) is 0 Å². The molecule has 3 heteroatoms. The van der Waals surface area contributed by atoms with E-state index >= 15 is 0 Å². The maximum atomic E-state index is 12.6. The first-order valence-corrected chi connectivity index (χ1v) is 8.31. The Morgan fingerprint density at radius 1 is 1.04 bits per heavy atom. The Hall–Kier alpha value is -2.81. The second-order valence-electron chi connectivity index (χ2n) is 6.39. The molecule has 0 N–H and O–H groups in total. The van der Waals surface area contributed by atoms with Crippen LogP contribution < -0.4 is 10.2 Å². The summed E-state index contributed by atoms with van der Waals surface area (Å²) in [7, 11) is 0. The van der Waals surface area contributed by atoms with Crippen LogP contribution >= 0.6 is 0 Å². The van der Waals surface area contributed by atoms with Crippen molar-refractivity contribution in [2.45, 2.75) is 24.9 Å². The highest BCUT2D eigenvalue weighted by Crippen LogP contribution is 2.46. The standard InChI is InChI=1S/C21H16O3/c22-16-12-19(13-6-2-1-3-7-13)24-21-14(16)10-11-18-20(21)15-8-4-5-9-17(15)23-18/h1-3,5-7,9-12,15,17H,4,8H2/t15-,17+/m0/s1. The smallest absolute Gasteiger partial charge is 0.193 e. The first-order valence-electron chi connectivity index (χ1n) is 8.31. The van der Waals surface area contributed by atoms with Gasteiger partial charge in [-0.1, -0.05) is 36.4 Å². The van der Waals surface area contributed by atoms with Crippen LogP contribution in [-0.4, -0.2) is 6.10 Å². The van der Waals surface area contributed by atoms with Crippen LogP contribution in [0.5, 0.6) is 5.75 Å². The molecule has 1 aliphatic carbocycles. The summed E-state index contributed by atoms with van der Waals surface area (Å²) in [5, 5.41) is 0.632. The topological polar surface area (TPSA) is 39.4 Å². The highest BCUT2D eigenvalue weighted by molar-refractivity contribution is 5.85. The third-order valence-corrected chi connectivity index (χ3v) is 4.95. The van der Waals surface area contributed by atoms with Gasteiger partial charge in [-0.15, -0.1) is 0 Å². The van der Waals surface area contributed by atoms with Crippen molar-refractivity contribution in [3.05, 3.63) is 76.5 Å². The number of ether oxygens (including phenoxy) is 1. The van der Waals surface area contributed by atoms with Crippen LogP contribution in [0.2, 0.25) is 0 Å². The number of fused-ring (bicyclic) bond motifs is 5. The first-order chi connectivity index (χ1) is 11.8. The lowest BCUT2D eigenvalue weighted by atomic mass is 9.86. The number of rotatable bonds is 1. The zero-order valence-electron chi connectivity index (χ0n) is 13.1. The van der Waals surface area contributed by atoms with Crippen LogP contribution in [0.4, 0.5) is 0 Å². The van der Waals surface area contributed by atoms with E-state index in [9.17, 15) is 4.79 Å². The minimum Gasteiger partial charge on any atom is -0.485 e. The SMILES string of the molecule is O=c1cc(-c2ccccc2)oc2c3c(ccc12)O[C@@H]1C=CCC[C@H]31. The molecule has 0 radical (unpaired) electrons. The lowest BCUT2D eigenvalue weighted by Gasteiger charge is -2.19. The quantitative estimate of drug-likeness (QED) is 0.613. The van der Waals surface area contributed by atoms with Crippen molar-refractivity contribution >= 4 is 11.0 Å². The fraction of sp³-hybridized carbons (Fsp3) is 0.190. The van der Waals surface area contributed by atoms with Gasteiger partial charge in [0.1, 0.15) is 23.2 Å². The van der Waals surface area contributed by atoms with E-state index in [0.29, 0.717) is 16.7 Å². The van der Waals surface area contributed by atoms with Gasteiger partial charge in [-0.3, -0.25) is 4.79 Å². The number of hydrogen-bond donors (Lipinski definition) is 0. The Balaban J connectivity index is 1.79. The minimum atomic E-state index is -0.00676. The Morgan fingerprint density at radius 3 is 2.79 bits per heavy atom. The van der Waals surface area contributed by atoms with E-state index in [1.54, 1.807) is 6.07 Å². The molecule has 0 saturated heterocycles. The van der Waals surface area contributed by atoms with Gasteiger partial charge in [0.25, 0.3) is 0 Å². The van der Waals surface area contributed by atoms with Crippen LogP contribution in [0.15, 0.2) is 69.9 Å². The van der Waals surface area contributed by atoms with Crippen LogP contribution in [0.25, 0.3) is 22.3 Å². The van der Waals surface area contributed by atoms with E-state index in [0.717, 1.165) is 29.7 Å². The maximum Gasteiger partial charge on any atom is 0.193 e. The highest BCUT2D eigenvalue weighted by Gasteiger charge is 2.36. The fourth-order valence-corrected chi connectivity index (χ4v) is 3.80. The monoisotopic (exact) mass is 316 g/mol. The van der Waals surface area contributed by atoms with Crippen molar-refractivity contribution in [1.82, 2.24) is 0 Å². The molecule has 0 spiro atoms. The summed E-state index contributed by atoms with van der Waals surface area (Å²) in [6.45, 7) is 0. The van der Waals surface area contributed by atoms with Gasteiger partial charge in [-0.05, 0) is 31.1 Å². The number of allylic oxidation sites excluding steroid dienone is 1. The Labute approximate surface area is 139 Å². The van der Waals surface area contributed by atoms with Crippen LogP contribution in [0, 0.1) is 0 Å². The van der Waals surface area contributed by atoms with Crippen molar-refractivity contribution in [2.24, 2.45) is 0 Å². The molecule has 2 heterocycles. The summed E-state index contributed by atoms with van der Waals surface area (Å²) in [5.41, 5.74) is 2.64. The molecule has 2 aliphatic rings. The summed E-state index contributed by atoms with van der Waals surface area (Å²) in [6.07, 6.45) is 6.40. The Bertz CT molecular complexity index is 1010. The average Bonchev–Trinajstić information content (AvgIpc) is 3.01. The van der Waals surface area contributed by atoms with Crippen molar-refractivity contribution in [3.63, 3.8) is 0 Å². The molecule has 0 saturated carbocycles. The molecular formula is C21H16O3. The summed E-state index contributed by atoms with van der Waals surface area (Å²) in [4.78, 5) is 12.6. The fourth-order valence-electron chi connectivity index (χ4n) is 3.80. The van der Waals surface area contributed by atoms with Gasteiger partial charge < -0.3 is 9.15 Å². The molecule has 24 heavy (non-hydrogen) atoms. The van der Waals surface area contributed by atoms with Gasteiger partial charge >= 0.3 is 0 Å². The van der Waals surface area contributed by atoms with Crippen LogP contribution in [0.3, 0.4) is 0 Å². The number of hydrogen-bond acceptors (Lipinski definition) is 3. The third kappa shape index (κ3) is 1.94. The molecule has 2 aromatic carbocycles. The highest BCUT2D eigenvalue weighted by atomic mass is 16.5. The maximum absolute atomic E-state index is 12.6. The van der Waals surface area contributed by atoms with E-state index in [-0.39, 0.29) is 17.5 Å². The van der Waals surface area contributed by atoms with Gasteiger partial charge in [0.15, 0.2) is 5.43 Å². The minimum absolute atomic E-state index is 0.00676. The van der Waals surface area contributed by atoms with Crippen LogP contribution in [-0.2, 0) is 0 Å². The first kappa shape index (κ1) is 13.6. The van der Waals surface area contributed by atoms with Crippen molar-refractivity contribution in [1.29, 1.82) is 0 Å². The molecular weight excluding hydrogens is 300 g/mol. The predicted octanol–water partition coefficient (Wildman–Crippen LogP) is 4.65. The van der Waals surface area contributed by atoms with E-state index in [1.807, 2.05) is 42.5 Å². The second kappa shape index (κ2) is 5.10. The van der Waals surface area contributed by atoms with Gasteiger partial charge in [-0.25, -0.2) is 0 Å². The Morgan fingerprint density at radius 2 is 1.92 bits per heavy atom. The molecule has 118 valence electrons. The molecule has 1 aromatic heterocycles. The lowest BCUT2D eigenvalue weighted by molar-refractivity contribution is 0.244. The molecule has 3 nitrogen and oxygen atoms in total. The molecule has 0 unspecified atom stereocenters. The van der Waals surface area contributed by atoms with E-state index in [4.69, 9.17) is 9.15 Å². The van der Waals surface area contributed by atoms with E-state index < -0.39 is 0 Å². The Kier molecular flexibility index (Phi) is 2.89. The zero-order chi connectivity index (χ0) is 16.1. The lowest BCUT2D eigenvalue weighted by Crippen LogP contribution is -2.18. The molecule has 2 atom stereocenters. The molecule has 3 aromatic rings. The molecule has 1 aliphatic heterocycles. The van der Waals surface area contributed by atoms with E-state index in [2.05, 4.69) is 12.2 Å². The average molecular weight is 316 g/mol. The molecule has 0 bridgehead atoms. The number of benzene rings is 2. The third-order valence-electron chi connectivity index (χ3n) is 4.95. The van der Waals surface area contributed by atoms with Crippen LogP contribution in [0.1, 0.15) is 24.3 Å². The molecule has 0 amide bonds. The van der Waals surface area contributed by atoms with Crippen molar-refractivity contribution in [2.75, 3.05) is 0 Å². The summed E-state index contributed by atoms with van der Waals surface area (Å²) >= 11 is 0. The summed E-state index contributed by atoms with van der Waals surface area (Å²) in [5.74, 6) is 1.72. The zero-order valence-corrected chi connectivity index (χ0v) is 13.1. The summed E-state index contributed by atoms with van der Waals surface area (Å²) in [6, 6.07) is 15.1. The molecule has 5 rings (SSSR count).